The van der Waals surface area contributed by atoms with E-state index in [-0.39, 0.29) is 17.0 Å². The molecule has 2 heteroatoms. The third-order valence-corrected chi connectivity index (χ3v) is 8.30. The van der Waals surface area contributed by atoms with E-state index in [0.717, 1.165) is 48.9 Å². The summed E-state index contributed by atoms with van der Waals surface area (Å²) in [6.07, 6.45) is 10.0. The van der Waals surface area contributed by atoms with Gasteiger partial charge in [0.15, 0.2) is 0 Å². The predicted octanol–water partition coefficient (Wildman–Crippen LogP) is 5.21. The molecule has 4 bridgehead atoms. The second-order valence-electron chi connectivity index (χ2n) is 9.74. The highest BCUT2D eigenvalue weighted by molar-refractivity contribution is 5.76. The van der Waals surface area contributed by atoms with E-state index in [9.17, 15) is 4.79 Å². The molecular formula is C21H34O2. The minimum Gasteiger partial charge on any atom is -0.458 e. The Morgan fingerprint density at radius 1 is 1.09 bits per heavy atom. The molecule has 0 aromatic carbocycles. The van der Waals surface area contributed by atoms with Crippen molar-refractivity contribution in [1.82, 2.24) is 0 Å². The lowest BCUT2D eigenvalue weighted by molar-refractivity contribution is -0.183. The zero-order valence-electron chi connectivity index (χ0n) is 15.4. The topological polar surface area (TPSA) is 26.3 Å². The molecule has 0 aromatic rings. The first kappa shape index (κ1) is 16.0. The van der Waals surface area contributed by atoms with Gasteiger partial charge < -0.3 is 4.74 Å². The Morgan fingerprint density at radius 3 is 2.43 bits per heavy atom. The van der Waals surface area contributed by atoms with Gasteiger partial charge in [0.05, 0.1) is 5.41 Å². The van der Waals surface area contributed by atoms with Crippen LogP contribution in [0.15, 0.2) is 0 Å². The van der Waals surface area contributed by atoms with Gasteiger partial charge in [-0.3, -0.25) is 4.79 Å². The number of rotatable bonds is 5. The molecule has 130 valence electrons. The number of carbonyl (C=O) groups is 1. The van der Waals surface area contributed by atoms with E-state index in [0.29, 0.717) is 5.92 Å². The van der Waals surface area contributed by atoms with E-state index in [2.05, 4.69) is 13.8 Å². The first-order valence-electron chi connectivity index (χ1n) is 10.2. The lowest BCUT2D eigenvalue weighted by Crippen LogP contribution is -2.49. The molecule has 7 unspecified atom stereocenters. The molecule has 0 heterocycles. The number of ether oxygens (including phenoxy) is 1. The summed E-state index contributed by atoms with van der Waals surface area (Å²) in [5.41, 5.74) is -0.453. The molecule has 7 atom stereocenters. The van der Waals surface area contributed by atoms with E-state index in [4.69, 9.17) is 4.74 Å². The summed E-state index contributed by atoms with van der Waals surface area (Å²) in [4.78, 5) is 12.8. The van der Waals surface area contributed by atoms with Crippen LogP contribution in [0.5, 0.6) is 0 Å². The predicted molar refractivity (Wildman–Crippen MR) is 91.8 cm³/mol. The number of hydrogen-bond acceptors (Lipinski definition) is 2. The van der Waals surface area contributed by atoms with Crippen LogP contribution >= 0.6 is 0 Å². The van der Waals surface area contributed by atoms with Crippen molar-refractivity contribution in [2.45, 2.75) is 84.7 Å². The quantitative estimate of drug-likeness (QED) is 0.514. The van der Waals surface area contributed by atoms with Gasteiger partial charge in [-0.15, -0.1) is 0 Å². The Hall–Kier alpha value is -0.530. The molecule has 0 amide bonds. The van der Waals surface area contributed by atoms with Crippen LogP contribution in [0, 0.1) is 40.9 Å². The SMILES string of the molecule is CCCC1(OC(=O)C(C)(C)CC)CC2CC1C1C3CCC(C3)C21. The molecular weight excluding hydrogens is 284 g/mol. The van der Waals surface area contributed by atoms with E-state index in [1.807, 2.05) is 13.8 Å². The maximum absolute atomic E-state index is 12.8. The molecule has 4 fully saturated rings. The first-order valence-corrected chi connectivity index (χ1v) is 10.2. The average molecular weight is 319 g/mol. The molecule has 0 radical (unpaired) electrons. The van der Waals surface area contributed by atoms with Gasteiger partial charge in [0, 0.05) is 5.92 Å². The molecule has 0 saturated heterocycles. The van der Waals surface area contributed by atoms with E-state index in [1.54, 1.807) is 0 Å². The minimum atomic E-state index is -0.337. The van der Waals surface area contributed by atoms with Crippen molar-refractivity contribution in [3.63, 3.8) is 0 Å². The Labute approximate surface area is 141 Å². The Morgan fingerprint density at radius 2 is 1.78 bits per heavy atom. The van der Waals surface area contributed by atoms with Crippen molar-refractivity contribution >= 4 is 5.97 Å². The fraction of sp³-hybridized carbons (Fsp3) is 0.952. The molecule has 4 aliphatic rings. The van der Waals surface area contributed by atoms with Gasteiger partial charge in [0.1, 0.15) is 5.60 Å². The summed E-state index contributed by atoms with van der Waals surface area (Å²) in [6.45, 7) is 8.44. The van der Waals surface area contributed by atoms with Crippen molar-refractivity contribution in [3.8, 4) is 0 Å². The van der Waals surface area contributed by atoms with Gasteiger partial charge in [-0.1, -0.05) is 20.3 Å². The number of fused-ring (bicyclic) bond motifs is 9. The smallest absolute Gasteiger partial charge is 0.312 e. The summed E-state index contributed by atoms with van der Waals surface area (Å²) in [7, 11) is 0. The third-order valence-electron chi connectivity index (χ3n) is 8.30. The summed E-state index contributed by atoms with van der Waals surface area (Å²) < 4.78 is 6.41. The fourth-order valence-electron chi connectivity index (χ4n) is 7.04. The van der Waals surface area contributed by atoms with Crippen LogP contribution < -0.4 is 0 Å². The van der Waals surface area contributed by atoms with Crippen LogP contribution in [-0.4, -0.2) is 11.6 Å². The second-order valence-corrected chi connectivity index (χ2v) is 9.74. The Bertz CT molecular complexity index is 496. The standard InChI is InChI=1S/C21H34O2/c1-5-9-21(23-19(22)20(3,4)6-2)12-15-11-16(21)18-14-8-7-13(10-14)17(15)18/h13-18H,5-12H2,1-4H3. The molecule has 0 N–H and O–H groups in total. The van der Waals surface area contributed by atoms with Gasteiger partial charge in [-0.2, -0.15) is 0 Å². The van der Waals surface area contributed by atoms with Crippen molar-refractivity contribution in [2.75, 3.05) is 0 Å². The van der Waals surface area contributed by atoms with Crippen LogP contribution in [0.4, 0.5) is 0 Å². The van der Waals surface area contributed by atoms with Gasteiger partial charge in [-0.05, 0) is 88.4 Å². The van der Waals surface area contributed by atoms with E-state index >= 15 is 0 Å². The molecule has 0 aromatic heterocycles. The van der Waals surface area contributed by atoms with Crippen LogP contribution in [-0.2, 0) is 9.53 Å². The van der Waals surface area contributed by atoms with Gasteiger partial charge in [0.25, 0.3) is 0 Å². The highest BCUT2D eigenvalue weighted by Gasteiger charge is 2.68. The van der Waals surface area contributed by atoms with Crippen molar-refractivity contribution < 1.29 is 9.53 Å². The minimum absolute atomic E-state index is 0.0562. The Kier molecular flexibility index (Phi) is 3.63. The van der Waals surface area contributed by atoms with Crippen molar-refractivity contribution in [3.05, 3.63) is 0 Å². The monoisotopic (exact) mass is 318 g/mol. The van der Waals surface area contributed by atoms with Crippen molar-refractivity contribution in [2.24, 2.45) is 40.9 Å². The van der Waals surface area contributed by atoms with Gasteiger partial charge in [-0.25, -0.2) is 0 Å². The second kappa shape index (κ2) is 5.23. The third kappa shape index (κ3) is 2.15. The maximum atomic E-state index is 12.8. The maximum Gasteiger partial charge on any atom is 0.312 e. The largest absolute Gasteiger partial charge is 0.458 e. The zero-order valence-corrected chi connectivity index (χ0v) is 15.4. The Balaban J connectivity index is 1.59. The van der Waals surface area contributed by atoms with Crippen LogP contribution in [0.3, 0.4) is 0 Å². The molecule has 4 rings (SSSR count). The van der Waals surface area contributed by atoms with Crippen LogP contribution in [0.25, 0.3) is 0 Å². The molecule has 4 aliphatic carbocycles. The van der Waals surface area contributed by atoms with E-state index in [1.165, 1.54) is 32.1 Å². The summed E-state index contributed by atoms with van der Waals surface area (Å²) in [6, 6.07) is 0. The van der Waals surface area contributed by atoms with E-state index < -0.39 is 0 Å². The zero-order chi connectivity index (χ0) is 16.4. The molecule has 0 spiro atoms. The van der Waals surface area contributed by atoms with Crippen LogP contribution in [0.2, 0.25) is 0 Å². The molecule has 0 aliphatic heterocycles. The number of carbonyl (C=O) groups excluding carboxylic acids is 1. The summed E-state index contributed by atoms with van der Waals surface area (Å²) >= 11 is 0. The highest BCUT2D eigenvalue weighted by atomic mass is 16.6. The fourth-order valence-corrected chi connectivity index (χ4v) is 7.04. The summed E-state index contributed by atoms with van der Waals surface area (Å²) in [5, 5.41) is 0. The number of hydrogen-bond donors (Lipinski definition) is 0. The highest BCUT2D eigenvalue weighted by Crippen LogP contribution is 2.71. The van der Waals surface area contributed by atoms with Crippen LogP contribution in [0.1, 0.15) is 79.1 Å². The average Bonchev–Trinajstić information content (AvgIpc) is 3.25. The summed E-state index contributed by atoms with van der Waals surface area (Å²) in [5.74, 6) is 5.42. The molecule has 23 heavy (non-hydrogen) atoms. The normalized spacial score (nSPS) is 47.1. The number of esters is 1. The lowest BCUT2D eigenvalue weighted by Gasteiger charge is -2.47. The molecule has 4 saturated carbocycles. The van der Waals surface area contributed by atoms with Gasteiger partial charge in [0.2, 0.25) is 0 Å². The first-order chi connectivity index (χ1) is 10.9. The van der Waals surface area contributed by atoms with Gasteiger partial charge >= 0.3 is 5.97 Å². The lowest BCUT2D eigenvalue weighted by atomic mass is 9.64. The molecule has 2 nitrogen and oxygen atoms in total. The van der Waals surface area contributed by atoms with Crippen molar-refractivity contribution in [1.29, 1.82) is 0 Å².